The highest BCUT2D eigenvalue weighted by atomic mass is 35.5. The highest BCUT2D eigenvalue weighted by Gasteiger charge is 2.10. The Bertz CT molecular complexity index is 942. The Hall–Kier alpha value is -1.81. The molecular formula is C20H18Cl3N3. The minimum absolute atomic E-state index is 0.270. The van der Waals surface area contributed by atoms with Crippen LogP contribution in [0.5, 0.6) is 0 Å². The second kappa shape index (κ2) is 8.26. The number of aryl methyl sites for hydroxylation is 2. The predicted octanol–water partition coefficient (Wildman–Crippen LogP) is 6.17. The molecule has 1 heterocycles. The molecule has 0 aliphatic rings. The fourth-order valence-electron chi connectivity index (χ4n) is 2.84. The Kier molecular flexibility index (Phi) is 6.02. The number of benzene rings is 2. The summed E-state index contributed by atoms with van der Waals surface area (Å²) in [6, 6.07) is 13.5. The third-order valence-corrected chi connectivity index (χ3v) is 5.37. The monoisotopic (exact) mass is 405 g/mol. The van der Waals surface area contributed by atoms with Gasteiger partial charge in [-0.2, -0.15) is 0 Å². The van der Waals surface area contributed by atoms with Gasteiger partial charge in [0.1, 0.15) is 0 Å². The molecule has 0 atom stereocenters. The number of nitrogens with two attached hydrogens (primary N) is 1. The predicted molar refractivity (Wildman–Crippen MR) is 110 cm³/mol. The van der Waals surface area contributed by atoms with Crippen LogP contribution in [0.15, 0.2) is 42.5 Å². The summed E-state index contributed by atoms with van der Waals surface area (Å²) in [7, 11) is 0. The molecule has 0 unspecified atom stereocenters. The third kappa shape index (κ3) is 4.47. The first-order chi connectivity index (χ1) is 12.4. The van der Waals surface area contributed by atoms with E-state index in [0.717, 1.165) is 47.3 Å². The van der Waals surface area contributed by atoms with Gasteiger partial charge in [-0.25, -0.2) is 9.97 Å². The second-order valence-corrected chi connectivity index (χ2v) is 7.34. The van der Waals surface area contributed by atoms with Crippen molar-refractivity contribution in [1.29, 1.82) is 0 Å². The molecule has 0 radical (unpaired) electrons. The van der Waals surface area contributed by atoms with E-state index < -0.39 is 0 Å². The summed E-state index contributed by atoms with van der Waals surface area (Å²) >= 11 is 18.2. The Morgan fingerprint density at radius 1 is 0.885 bits per heavy atom. The van der Waals surface area contributed by atoms with Crippen molar-refractivity contribution in [1.82, 2.24) is 9.97 Å². The van der Waals surface area contributed by atoms with E-state index in [2.05, 4.69) is 9.97 Å². The molecule has 0 saturated carbocycles. The topological polar surface area (TPSA) is 51.8 Å². The summed E-state index contributed by atoms with van der Waals surface area (Å²) in [4.78, 5) is 8.73. The normalized spacial score (nSPS) is 10.9. The second-order valence-electron chi connectivity index (χ2n) is 6.12. The van der Waals surface area contributed by atoms with Gasteiger partial charge in [0.2, 0.25) is 5.95 Å². The number of nitrogens with zero attached hydrogens (tertiary/aromatic N) is 2. The van der Waals surface area contributed by atoms with Crippen molar-refractivity contribution in [3.63, 3.8) is 0 Å². The van der Waals surface area contributed by atoms with E-state index in [4.69, 9.17) is 40.5 Å². The van der Waals surface area contributed by atoms with Crippen molar-refractivity contribution in [3.05, 3.63) is 74.4 Å². The van der Waals surface area contributed by atoms with E-state index in [-0.39, 0.29) is 5.95 Å². The lowest BCUT2D eigenvalue weighted by Gasteiger charge is -2.10. The van der Waals surface area contributed by atoms with Crippen LogP contribution in [0, 0.1) is 6.92 Å². The Balaban J connectivity index is 1.75. The van der Waals surface area contributed by atoms with Crippen molar-refractivity contribution >= 4 is 40.8 Å². The summed E-state index contributed by atoms with van der Waals surface area (Å²) in [5.74, 6) is 0.270. The molecule has 26 heavy (non-hydrogen) atoms. The minimum Gasteiger partial charge on any atom is -0.368 e. The van der Waals surface area contributed by atoms with Crippen LogP contribution in [0.4, 0.5) is 5.95 Å². The molecule has 134 valence electrons. The average Bonchev–Trinajstić information content (AvgIpc) is 2.60. The fourth-order valence-corrected chi connectivity index (χ4v) is 3.33. The molecule has 3 nitrogen and oxygen atoms in total. The van der Waals surface area contributed by atoms with Gasteiger partial charge in [0, 0.05) is 16.3 Å². The van der Waals surface area contributed by atoms with Crippen LogP contribution in [0.1, 0.15) is 23.2 Å². The van der Waals surface area contributed by atoms with E-state index in [1.807, 2.05) is 49.4 Å². The maximum atomic E-state index is 6.22. The number of halogens is 3. The molecule has 0 aliphatic heterocycles. The molecule has 0 spiro atoms. The Morgan fingerprint density at radius 3 is 2.46 bits per heavy atom. The number of aromatic nitrogens is 2. The van der Waals surface area contributed by atoms with E-state index in [9.17, 15) is 0 Å². The van der Waals surface area contributed by atoms with Crippen molar-refractivity contribution in [2.24, 2.45) is 0 Å². The molecule has 0 aliphatic carbocycles. The van der Waals surface area contributed by atoms with Gasteiger partial charge in [-0.1, -0.05) is 53.0 Å². The average molecular weight is 407 g/mol. The first kappa shape index (κ1) is 19.0. The molecule has 0 amide bonds. The SMILES string of the molecule is Cc1c(Cl)cccc1-c1cc(CCCc2ccc(Cl)c(Cl)c2)nc(N)n1. The van der Waals surface area contributed by atoms with Gasteiger partial charge in [0.15, 0.2) is 0 Å². The summed E-state index contributed by atoms with van der Waals surface area (Å²) < 4.78 is 0. The smallest absolute Gasteiger partial charge is 0.220 e. The highest BCUT2D eigenvalue weighted by molar-refractivity contribution is 6.42. The van der Waals surface area contributed by atoms with E-state index in [0.29, 0.717) is 15.1 Å². The van der Waals surface area contributed by atoms with Gasteiger partial charge in [0.25, 0.3) is 0 Å². The van der Waals surface area contributed by atoms with E-state index >= 15 is 0 Å². The minimum atomic E-state index is 0.270. The zero-order chi connectivity index (χ0) is 18.7. The van der Waals surface area contributed by atoms with Crippen LogP contribution in [-0.4, -0.2) is 9.97 Å². The molecule has 0 saturated heterocycles. The summed E-state index contributed by atoms with van der Waals surface area (Å²) in [5, 5.41) is 1.86. The van der Waals surface area contributed by atoms with Gasteiger partial charge in [0.05, 0.1) is 15.7 Å². The quantitative estimate of drug-likeness (QED) is 0.551. The van der Waals surface area contributed by atoms with E-state index in [1.165, 1.54) is 0 Å². The van der Waals surface area contributed by atoms with Gasteiger partial charge in [-0.3, -0.25) is 0 Å². The molecule has 1 aromatic heterocycles. The molecule has 2 N–H and O–H groups in total. The van der Waals surface area contributed by atoms with E-state index in [1.54, 1.807) is 0 Å². The molecule has 3 aromatic rings. The zero-order valence-corrected chi connectivity index (χ0v) is 16.5. The van der Waals surface area contributed by atoms with Crippen LogP contribution in [0.2, 0.25) is 15.1 Å². The Labute approximate surface area is 168 Å². The lowest BCUT2D eigenvalue weighted by atomic mass is 10.0. The van der Waals surface area contributed by atoms with Crippen molar-refractivity contribution in [3.8, 4) is 11.3 Å². The summed E-state index contributed by atoms with van der Waals surface area (Å²) in [6.45, 7) is 1.97. The maximum Gasteiger partial charge on any atom is 0.220 e. The number of rotatable bonds is 5. The molecule has 2 aromatic carbocycles. The third-order valence-electron chi connectivity index (χ3n) is 4.22. The molecule has 0 fully saturated rings. The summed E-state index contributed by atoms with van der Waals surface area (Å²) in [6.07, 6.45) is 2.59. The number of hydrogen-bond acceptors (Lipinski definition) is 3. The van der Waals surface area contributed by atoms with Gasteiger partial charge in [-0.15, -0.1) is 0 Å². The zero-order valence-electron chi connectivity index (χ0n) is 14.3. The lowest BCUT2D eigenvalue weighted by Crippen LogP contribution is -2.02. The lowest BCUT2D eigenvalue weighted by molar-refractivity contribution is 0.797. The highest BCUT2D eigenvalue weighted by Crippen LogP contribution is 2.28. The fraction of sp³-hybridized carbons (Fsp3) is 0.200. The number of nitrogen functional groups attached to an aromatic ring is 1. The standard InChI is InChI=1S/C20H18Cl3N3/c1-12-15(6-3-7-16(12)21)19-11-14(25-20(24)26-19)5-2-4-13-8-9-17(22)18(23)10-13/h3,6-11H,2,4-5H2,1H3,(H2,24,25,26). The molecule has 0 bridgehead atoms. The van der Waals surface area contributed by atoms with Crippen molar-refractivity contribution in [2.45, 2.75) is 26.2 Å². The van der Waals surface area contributed by atoms with Crippen LogP contribution < -0.4 is 5.73 Å². The Morgan fingerprint density at radius 2 is 1.69 bits per heavy atom. The van der Waals surface area contributed by atoms with Crippen molar-refractivity contribution in [2.75, 3.05) is 5.73 Å². The van der Waals surface area contributed by atoms with Crippen molar-refractivity contribution < 1.29 is 0 Å². The van der Waals surface area contributed by atoms with Crippen LogP contribution in [0.25, 0.3) is 11.3 Å². The first-order valence-electron chi connectivity index (χ1n) is 8.27. The number of hydrogen-bond donors (Lipinski definition) is 1. The summed E-state index contributed by atoms with van der Waals surface area (Å²) in [5.41, 5.74) is 10.7. The molecular weight excluding hydrogens is 389 g/mol. The van der Waals surface area contributed by atoms with Gasteiger partial charge >= 0.3 is 0 Å². The maximum absolute atomic E-state index is 6.22. The molecule has 6 heteroatoms. The van der Waals surface area contributed by atoms with Gasteiger partial charge < -0.3 is 5.73 Å². The molecule has 3 rings (SSSR count). The van der Waals surface area contributed by atoms with Crippen LogP contribution in [0.3, 0.4) is 0 Å². The van der Waals surface area contributed by atoms with Crippen LogP contribution >= 0.6 is 34.8 Å². The first-order valence-corrected chi connectivity index (χ1v) is 9.40. The number of anilines is 1. The van der Waals surface area contributed by atoms with Gasteiger partial charge in [-0.05, 0) is 61.6 Å². The van der Waals surface area contributed by atoms with Crippen LogP contribution in [-0.2, 0) is 12.8 Å². The largest absolute Gasteiger partial charge is 0.368 e.